The summed E-state index contributed by atoms with van der Waals surface area (Å²) in [7, 11) is 0. The predicted octanol–water partition coefficient (Wildman–Crippen LogP) is 5.99. The summed E-state index contributed by atoms with van der Waals surface area (Å²) in [4.78, 5) is 15.2. The third-order valence-corrected chi connectivity index (χ3v) is 5.27. The second-order valence-corrected chi connectivity index (χ2v) is 7.43. The average Bonchev–Trinajstić information content (AvgIpc) is 3.15. The van der Waals surface area contributed by atoms with Crippen LogP contribution in [0.1, 0.15) is 36.1 Å². The van der Waals surface area contributed by atoms with E-state index in [0.29, 0.717) is 22.0 Å². The van der Waals surface area contributed by atoms with Crippen molar-refractivity contribution in [3.05, 3.63) is 70.7 Å². The SMILES string of the molecule is CC(CC(=O)O)c1ccc(OCc2csc(-c3ccc(C(F)(F)F)cc3)n2)cc1. The van der Waals surface area contributed by atoms with Crippen LogP contribution in [-0.2, 0) is 17.6 Å². The first kappa shape index (κ1) is 20.9. The van der Waals surface area contributed by atoms with Gasteiger partial charge in [-0.05, 0) is 35.7 Å². The zero-order valence-corrected chi connectivity index (χ0v) is 16.3. The Balaban J connectivity index is 1.60. The molecule has 1 aromatic heterocycles. The molecule has 0 spiro atoms. The smallest absolute Gasteiger partial charge is 0.416 e. The van der Waals surface area contributed by atoms with E-state index in [2.05, 4.69) is 4.98 Å². The molecule has 29 heavy (non-hydrogen) atoms. The van der Waals surface area contributed by atoms with E-state index in [0.717, 1.165) is 17.7 Å². The van der Waals surface area contributed by atoms with Crippen LogP contribution in [0.25, 0.3) is 10.6 Å². The molecule has 3 aromatic rings. The maximum Gasteiger partial charge on any atom is 0.416 e. The van der Waals surface area contributed by atoms with E-state index in [1.165, 1.54) is 23.5 Å². The lowest BCUT2D eigenvalue weighted by Crippen LogP contribution is -2.04. The standard InChI is InChI=1S/C21H18F3NO3S/c1-13(10-19(26)27)14-4-8-18(9-5-14)28-11-17-12-29-20(25-17)15-2-6-16(7-3-15)21(22,23)24/h2-9,12-13H,10-11H2,1H3,(H,26,27). The van der Waals surface area contributed by atoms with Crippen LogP contribution >= 0.6 is 11.3 Å². The van der Waals surface area contributed by atoms with Crippen LogP contribution in [0.2, 0.25) is 0 Å². The van der Waals surface area contributed by atoms with Crippen LogP contribution in [-0.4, -0.2) is 16.1 Å². The number of rotatable bonds is 7. The Labute approximate surface area is 169 Å². The van der Waals surface area contributed by atoms with E-state index < -0.39 is 17.7 Å². The molecule has 3 rings (SSSR count). The van der Waals surface area contributed by atoms with Gasteiger partial charge in [0.1, 0.15) is 17.4 Å². The Morgan fingerprint density at radius 1 is 1.14 bits per heavy atom. The number of carbonyl (C=O) groups is 1. The van der Waals surface area contributed by atoms with E-state index in [1.54, 1.807) is 17.5 Å². The van der Waals surface area contributed by atoms with Gasteiger partial charge in [-0.1, -0.05) is 31.2 Å². The summed E-state index contributed by atoms with van der Waals surface area (Å²) >= 11 is 1.34. The normalized spacial score (nSPS) is 12.6. The van der Waals surface area contributed by atoms with Gasteiger partial charge in [0.05, 0.1) is 17.7 Å². The lowest BCUT2D eigenvalue weighted by molar-refractivity contribution is -0.138. The number of carboxylic acid groups (broad SMARTS) is 1. The summed E-state index contributed by atoms with van der Waals surface area (Å²) in [5.41, 5.74) is 1.51. The third kappa shape index (κ3) is 5.57. The number of thiazole rings is 1. The molecule has 2 aromatic carbocycles. The molecule has 0 amide bonds. The molecule has 0 aliphatic carbocycles. The number of halogens is 3. The molecule has 0 aliphatic heterocycles. The Bertz CT molecular complexity index is 966. The number of aromatic nitrogens is 1. The third-order valence-electron chi connectivity index (χ3n) is 4.33. The minimum atomic E-state index is -4.36. The Morgan fingerprint density at radius 2 is 1.79 bits per heavy atom. The van der Waals surface area contributed by atoms with E-state index in [4.69, 9.17) is 9.84 Å². The molecule has 1 unspecified atom stereocenters. The average molecular weight is 421 g/mol. The number of benzene rings is 2. The lowest BCUT2D eigenvalue weighted by atomic mass is 9.98. The van der Waals surface area contributed by atoms with Crippen molar-refractivity contribution < 1.29 is 27.8 Å². The molecule has 0 fully saturated rings. The fourth-order valence-electron chi connectivity index (χ4n) is 2.74. The fourth-order valence-corrected chi connectivity index (χ4v) is 3.55. The van der Waals surface area contributed by atoms with E-state index in [9.17, 15) is 18.0 Å². The molecule has 152 valence electrons. The molecule has 1 heterocycles. The molecular weight excluding hydrogens is 403 g/mol. The Hall–Kier alpha value is -2.87. The van der Waals surface area contributed by atoms with Gasteiger partial charge in [0.25, 0.3) is 0 Å². The molecule has 4 nitrogen and oxygen atoms in total. The highest BCUT2D eigenvalue weighted by Gasteiger charge is 2.30. The molecule has 0 radical (unpaired) electrons. The summed E-state index contributed by atoms with van der Waals surface area (Å²) < 4.78 is 43.7. The van der Waals surface area contributed by atoms with Crippen LogP contribution in [0.5, 0.6) is 5.75 Å². The van der Waals surface area contributed by atoms with Gasteiger partial charge in [-0.25, -0.2) is 4.98 Å². The summed E-state index contributed by atoms with van der Waals surface area (Å²) in [6, 6.07) is 12.1. The number of hydrogen-bond donors (Lipinski definition) is 1. The fraction of sp³-hybridized carbons (Fsp3) is 0.238. The largest absolute Gasteiger partial charge is 0.487 e. The van der Waals surface area contributed by atoms with E-state index in [-0.39, 0.29) is 18.9 Å². The van der Waals surface area contributed by atoms with Gasteiger partial charge in [0, 0.05) is 10.9 Å². The minimum Gasteiger partial charge on any atom is -0.487 e. The van der Waals surface area contributed by atoms with Gasteiger partial charge in [0.2, 0.25) is 0 Å². The number of carboxylic acids is 1. The zero-order chi connectivity index (χ0) is 21.0. The van der Waals surface area contributed by atoms with E-state index >= 15 is 0 Å². The van der Waals surface area contributed by atoms with Crippen LogP contribution in [0.3, 0.4) is 0 Å². The van der Waals surface area contributed by atoms with Gasteiger partial charge >= 0.3 is 12.1 Å². The van der Waals surface area contributed by atoms with Crippen molar-refractivity contribution in [2.45, 2.75) is 32.0 Å². The van der Waals surface area contributed by atoms with Crippen molar-refractivity contribution in [1.82, 2.24) is 4.98 Å². The minimum absolute atomic E-state index is 0.0613. The molecule has 0 aliphatic rings. The van der Waals surface area contributed by atoms with Gasteiger partial charge < -0.3 is 9.84 Å². The molecule has 8 heteroatoms. The van der Waals surface area contributed by atoms with Crippen LogP contribution in [0.15, 0.2) is 53.9 Å². The monoisotopic (exact) mass is 421 g/mol. The highest BCUT2D eigenvalue weighted by atomic mass is 32.1. The quantitative estimate of drug-likeness (QED) is 0.509. The maximum absolute atomic E-state index is 12.7. The van der Waals surface area contributed by atoms with Crippen molar-refractivity contribution in [3.8, 4) is 16.3 Å². The highest BCUT2D eigenvalue weighted by molar-refractivity contribution is 7.13. The Kier molecular flexibility index (Phi) is 6.22. The van der Waals surface area contributed by atoms with Crippen molar-refractivity contribution in [3.63, 3.8) is 0 Å². The van der Waals surface area contributed by atoms with Crippen LogP contribution in [0.4, 0.5) is 13.2 Å². The molecular formula is C21H18F3NO3S. The Morgan fingerprint density at radius 3 is 2.38 bits per heavy atom. The van der Waals surface area contributed by atoms with E-state index in [1.807, 2.05) is 19.1 Å². The first-order valence-corrected chi connectivity index (χ1v) is 9.67. The predicted molar refractivity (Wildman–Crippen MR) is 104 cm³/mol. The van der Waals surface area contributed by atoms with Gasteiger partial charge in [-0.2, -0.15) is 13.2 Å². The van der Waals surface area contributed by atoms with Gasteiger partial charge in [-0.3, -0.25) is 4.79 Å². The number of hydrogen-bond acceptors (Lipinski definition) is 4. The molecule has 0 saturated carbocycles. The highest BCUT2D eigenvalue weighted by Crippen LogP contribution is 2.32. The number of nitrogens with zero attached hydrogens (tertiary/aromatic N) is 1. The van der Waals surface area contributed by atoms with Crippen LogP contribution < -0.4 is 4.74 Å². The lowest BCUT2D eigenvalue weighted by Gasteiger charge is -2.10. The summed E-state index contributed by atoms with van der Waals surface area (Å²) in [5.74, 6) is -0.308. The van der Waals surface area contributed by atoms with Crippen molar-refractivity contribution in [2.24, 2.45) is 0 Å². The van der Waals surface area contributed by atoms with Crippen molar-refractivity contribution in [1.29, 1.82) is 0 Å². The second kappa shape index (κ2) is 8.65. The van der Waals surface area contributed by atoms with Crippen molar-refractivity contribution in [2.75, 3.05) is 0 Å². The van der Waals surface area contributed by atoms with Crippen molar-refractivity contribution >= 4 is 17.3 Å². The maximum atomic E-state index is 12.7. The number of ether oxygens (including phenoxy) is 1. The molecule has 0 saturated heterocycles. The molecule has 1 atom stereocenters. The first-order valence-electron chi connectivity index (χ1n) is 8.79. The summed E-state index contributed by atoms with van der Waals surface area (Å²) in [5, 5.41) is 11.3. The summed E-state index contributed by atoms with van der Waals surface area (Å²) in [6.07, 6.45) is -4.30. The number of aliphatic carboxylic acids is 1. The van der Waals surface area contributed by atoms with Gasteiger partial charge in [0.15, 0.2) is 0 Å². The number of alkyl halides is 3. The second-order valence-electron chi connectivity index (χ2n) is 6.58. The molecule has 1 N–H and O–H groups in total. The zero-order valence-electron chi connectivity index (χ0n) is 15.4. The summed E-state index contributed by atoms with van der Waals surface area (Å²) in [6.45, 7) is 2.07. The molecule has 0 bridgehead atoms. The topological polar surface area (TPSA) is 59.4 Å². The van der Waals surface area contributed by atoms with Crippen LogP contribution in [0, 0.1) is 0 Å². The first-order chi connectivity index (χ1) is 13.7. The van der Waals surface area contributed by atoms with Gasteiger partial charge in [-0.15, -0.1) is 11.3 Å².